The SMILES string of the molecule is CCCCCCCCCCCCCCCCCCCCCCCCc1ccccc1S(=O)(=O)[O-].CCCCCCCCCCCCCCCCCCCCCCCCc1ccccc1S(=O)(=O)[O-].[Ca+2]. The first-order valence-electron chi connectivity index (χ1n) is 29.2. The van der Waals surface area contributed by atoms with Crippen LogP contribution in [0.2, 0.25) is 0 Å². The second kappa shape index (κ2) is 49.7. The average Bonchev–Trinajstić information content (AvgIpc) is 3.32. The standard InChI is InChI=1S/2C30H54O3S.Ca/c2*1-2-3-4-5-6-7-8-9-10-11-12-13-14-15-16-17-18-19-20-21-22-23-26-29-27-24-25-28-30(29)34(31,32)33;/h2*24-25,27-28H,2-23,26H2,1H3,(H,31,32,33);/q;;+2/p-2. The molecule has 0 bridgehead atoms. The van der Waals surface area contributed by atoms with Gasteiger partial charge >= 0.3 is 37.7 Å². The van der Waals surface area contributed by atoms with Crippen molar-refractivity contribution >= 4 is 58.0 Å². The fourth-order valence-electron chi connectivity index (χ4n) is 9.76. The number of rotatable bonds is 48. The van der Waals surface area contributed by atoms with Crippen LogP contribution >= 0.6 is 0 Å². The third-order valence-corrected chi connectivity index (χ3v) is 16.0. The maximum Gasteiger partial charge on any atom is 2.00 e. The van der Waals surface area contributed by atoms with Gasteiger partial charge in [-0.2, -0.15) is 0 Å². The van der Waals surface area contributed by atoms with Crippen LogP contribution in [0.1, 0.15) is 307 Å². The van der Waals surface area contributed by atoms with E-state index in [0.717, 1.165) is 25.7 Å². The molecule has 0 unspecified atom stereocenters. The van der Waals surface area contributed by atoms with Gasteiger partial charge in [-0.3, -0.25) is 0 Å². The monoisotopic (exact) mass is 1030 g/mol. The molecular formula is C60H106CaO6S2. The maximum atomic E-state index is 11.3. The van der Waals surface area contributed by atoms with Gasteiger partial charge in [0.25, 0.3) is 0 Å². The summed E-state index contributed by atoms with van der Waals surface area (Å²) in [6, 6.07) is 13.2. The van der Waals surface area contributed by atoms with Crippen LogP contribution in [0.4, 0.5) is 0 Å². The first-order valence-corrected chi connectivity index (χ1v) is 32.0. The molecule has 2 aromatic carbocycles. The van der Waals surface area contributed by atoms with Crippen LogP contribution < -0.4 is 0 Å². The molecule has 396 valence electrons. The Morgan fingerprint density at radius 1 is 0.275 bits per heavy atom. The van der Waals surface area contributed by atoms with E-state index in [0.29, 0.717) is 24.0 Å². The number of aryl methyl sites for hydroxylation is 2. The molecule has 69 heavy (non-hydrogen) atoms. The van der Waals surface area contributed by atoms with Crippen LogP contribution in [-0.2, 0) is 33.1 Å². The van der Waals surface area contributed by atoms with Gasteiger partial charge < -0.3 is 9.11 Å². The molecule has 0 amide bonds. The Kier molecular flexibility index (Phi) is 49.4. The van der Waals surface area contributed by atoms with Crippen molar-refractivity contribution in [1.29, 1.82) is 0 Å². The minimum Gasteiger partial charge on any atom is -0.744 e. The van der Waals surface area contributed by atoms with E-state index in [2.05, 4.69) is 13.8 Å². The second-order valence-corrected chi connectivity index (χ2v) is 23.2. The molecule has 0 heterocycles. The Hall–Kier alpha value is -0.480. The summed E-state index contributed by atoms with van der Waals surface area (Å²) in [5, 5.41) is 0. The molecule has 0 saturated heterocycles. The minimum atomic E-state index is -4.36. The molecule has 0 saturated carbocycles. The Balaban J connectivity index is 0.00000132. The van der Waals surface area contributed by atoms with Gasteiger partial charge in [0, 0.05) is 0 Å². The maximum absolute atomic E-state index is 11.3. The molecule has 0 aliphatic rings. The van der Waals surface area contributed by atoms with Crippen LogP contribution in [-0.4, -0.2) is 63.7 Å². The molecular weight excluding hydrogens is 921 g/mol. The summed E-state index contributed by atoms with van der Waals surface area (Å²) < 4.78 is 67.9. The normalized spacial score (nSPS) is 11.7. The average molecular weight is 1030 g/mol. The predicted octanol–water partition coefficient (Wildman–Crippen LogP) is 19.1. The van der Waals surface area contributed by atoms with Gasteiger partial charge in [-0.05, 0) is 48.9 Å². The van der Waals surface area contributed by atoms with Crippen molar-refractivity contribution in [2.75, 3.05) is 0 Å². The van der Waals surface area contributed by atoms with E-state index in [-0.39, 0.29) is 47.5 Å². The smallest absolute Gasteiger partial charge is 0.744 e. The first-order chi connectivity index (χ1) is 33.1. The van der Waals surface area contributed by atoms with E-state index < -0.39 is 20.2 Å². The zero-order chi connectivity index (χ0) is 49.5. The Morgan fingerprint density at radius 2 is 0.435 bits per heavy atom. The van der Waals surface area contributed by atoms with Crippen molar-refractivity contribution in [3.05, 3.63) is 59.7 Å². The molecule has 0 aliphatic carbocycles. The first kappa shape index (κ1) is 68.5. The van der Waals surface area contributed by atoms with Crippen LogP contribution in [0, 0.1) is 0 Å². The molecule has 2 aromatic rings. The molecule has 0 fully saturated rings. The largest absolute Gasteiger partial charge is 2.00 e. The van der Waals surface area contributed by atoms with E-state index in [1.807, 2.05) is 12.1 Å². The second-order valence-electron chi connectivity index (χ2n) is 20.5. The number of benzene rings is 2. The molecule has 0 atom stereocenters. The van der Waals surface area contributed by atoms with E-state index >= 15 is 0 Å². The van der Waals surface area contributed by atoms with Gasteiger partial charge in [0.15, 0.2) is 0 Å². The number of hydrogen-bond acceptors (Lipinski definition) is 6. The zero-order valence-corrected chi connectivity index (χ0v) is 49.0. The van der Waals surface area contributed by atoms with Gasteiger partial charge in [0.05, 0.1) is 9.79 Å². The predicted molar refractivity (Wildman–Crippen MR) is 296 cm³/mol. The van der Waals surface area contributed by atoms with Crippen LogP contribution in [0.15, 0.2) is 58.3 Å². The van der Waals surface area contributed by atoms with E-state index in [9.17, 15) is 25.9 Å². The zero-order valence-electron chi connectivity index (χ0n) is 45.1. The fraction of sp³-hybridized carbons (Fsp3) is 0.800. The van der Waals surface area contributed by atoms with Gasteiger partial charge in [0.2, 0.25) is 0 Å². The van der Waals surface area contributed by atoms with E-state index in [1.54, 1.807) is 24.3 Å². The summed E-state index contributed by atoms with van der Waals surface area (Å²) >= 11 is 0. The molecule has 0 spiro atoms. The van der Waals surface area contributed by atoms with Crippen molar-refractivity contribution in [2.45, 2.75) is 319 Å². The van der Waals surface area contributed by atoms with Crippen LogP contribution in [0.5, 0.6) is 0 Å². The van der Waals surface area contributed by atoms with E-state index in [4.69, 9.17) is 0 Å². The van der Waals surface area contributed by atoms with Gasteiger partial charge in [-0.25, -0.2) is 16.8 Å². The molecule has 0 aliphatic heterocycles. The van der Waals surface area contributed by atoms with Gasteiger partial charge in [-0.15, -0.1) is 0 Å². The van der Waals surface area contributed by atoms with Crippen LogP contribution in [0.3, 0.4) is 0 Å². The van der Waals surface area contributed by atoms with E-state index in [1.165, 1.54) is 269 Å². The Bertz CT molecular complexity index is 1500. The number of unbranched alkanes of at least 4 members (excludes halogenated alkanes) is 42. The molecule has 0 N–H and O–H groups in total. The van der Waals surface area contributed by atoms with Gasteiger partial charge in [0.1, 0.15) is 20.2 Å². The van der Waals surface area contributed by atoms with Gasteiger partial charge in [-0.1, -0.05) is 320 Å². The van der Waals surface area contributed by atoms with Crippen molar-refractivity contribution < 1.29 is 25.9 Å². The molecule has 0 aromatic heterocycles. The third kappa shape index (κ3) is 43.6. The summed E-state index contributed by atoms with van der Waals surface area (Å²) in [6.45, 7) is 4.57. The molecule has 2 rings (SSSR count). The van der Waals surface area contributed by atoms with Crippen molar-refractivity contribution in [2.24, 2.45) is 0 Å². The summed E-state index contributed by atoms with van der Waals surface area (Å²) in [6.07, 6.45) is 61.2. The quantitative estimate of drug-likeness (QED) is 0.0370. The van der Waals surface area contributed by atoms with Crippen molar-refractivity contribution in [1.82, 2.24) is 0 Å². The van der Waals surface area contributed by atoms with Crippen LogP contribution in [0.25, 0.3) is 0 Å². The Labute approximate surface area is 458 Å². The molecule has 0 radical (unpaired) electrons. The molecule has 6 nitrogen and oxygen atoms in total. The van der Waals surface area contributed by atoms with Crippen molar-refractivity contribution in [3.63, 3.8) is 0 Å². The number of hydrogen-bond donors (Lipinski definition) is 0. The topological polar surface area (TPSA) is 114 Å². The summed E-state index contributed by atoms with van der Waals surface area (Å²) in [5.41, 5.74) is 1.34. The summed E-state index contributed by atoms with van der Waals surface area (Å²) in [7, 11) is -8.72. The fourth-order valence-corrected chi connectivity index (χ4v) is 11.2. The summed E-state index contributed by atoms with van der Waals surface area (Å²) in [5.74, 6) is 0. The Morgan fingerprint density at radius 3 is 0.609 bits per heavy atom. The third-order valence-electron chi connectivity index (χ3n) is 14.1. The summed E-state index contributed by atoms with van der Waals surface area (Å²) in [4.78, 5) is -0.0861. The minimum absolute atomic E-state index is 0. The molecule has 9 heteroatoms. The van der Waals surface area contributed by atoms with Crippen molar-refractivity contribution in [3.8, 4) is 0 Å².